The van der Waals surface area contributed by atoms with Crippen LogP contribution in [-0.2, 0) is 6.54 Å². The van der Waals surface area contributed by atoms with Gasteiger partial charge in [0.2, 0.25) is 0 Å². The quantitative estimate of drug-likeness (QED) is 0.722. The van der Waals surface area contributed by atoms with Crippen molar-refractivity contribution < 1.29 is 5.11 Å². The fraction of sp³-hybridized carbons (Fsp3) is 0.875. The van der Waals surface area contributed by atoms with E-state index in [9.17, 15) is 0 Å². The average Bonchev–Trinajstić information content (AvgIpc) is 2.57. The van der Waals surface area contributed by atoms with Gasteiger partial charge in [0.15, 0.2) is 0 Å². The van der Waals surface area contributed by atoms with Crippen LogP contribution in [0.15, 0.2) is 6.33 Å². The van der Waals surface area contributed by atoms with Gasteiger partial charge in [0, 0.05) is 13.2 Å². The molecule has 0 radical (unpaired) electrons. The number of hydrogen-bond donors (Lipinski definition) is 1. The first kappa shape index (κ1) is 10.1. The molecule has 1 aromatic heterocycles. The molecule has 5 heteroatoms. The number of hydrogen-bond acceptors (Lipinski definition) is 4. The summed E-state index contributed by atoms with van der Waals surface area (Å²) in [4.78, 5) is 0. The Balaban J connectivity index is 2.21. The van der Waals surface area contributed by atoms with E-state index in [-0.39, 0.29) is 12.0 Å². The number of aliphatic hydroxyl groups is 1. The number of aromatic nitrogens is 4. The zero-order valence-electron chi connectivity index (χ0n) is 8.14. The van der Waals surface area contributed by atoms with Crippen LogP contribution in [0.1, 0.15) is 26.7 Å². The van der Waals surface area contributed by atoms with Gasteiger partial charge >= 0.3 is 0 Å². The first-order chi connectivity index (χ1) is 6.14. The molecule has 0 bridgehead atoms. The summed E-state index contributed by atoms with van der Waals surface area (Å²) in [7, 11) is 0. The minimum Gasteiger partial charge on any atom is -0.396 e. The highest BCUT2D eigenvalue weighted by Crippen LogP contribution is 2.20. The Kier molecular flexibility index (Phi) is 3.36. The molecule has 0 atom stereocenters. The number of aliphatic hydroxyl groups excluding tert-OH is 1. The third kappa shape index (κ3) is 3.50. The zero-order chi connectivity index (χ0) is 9.73. The van der Waals surface area contributed by atoms with Gasteiger partial charge in [-0.25, -0.2) is 4.68 Å². The van der Waals surface area contributed by atoms with Crippen LogP contribution >= 0.6 is 0 Å². The van der Waals surface area contributed by atoms with Crippen LogP contribution in [0.3, 0.4) is 0 Å². The second-order valence-electron chi connectivity index (χ2n) is 4.00. The van der Waals surface area contributed by atoms with Crippen molar-refractivity contribution in [2.24, 2.45) is 5.41 Å². The maximum atomic E-state index is 9.00. The lowest BCUT2D eigenvalue weighted by Crippen LogP contribution is -2.17. The van der Waals surface area contributed by atoms with E-state index in [2.05, 4.69) is 15.5 Å². The smallest absolute Gasteiger partial charge is 0.138 e. The summed E-state index contributed by atoms with van der Waals surface area (Å²) in [6, 6.07) is 0. The zero-order valence-corrected chi connectivity index (χ0v) is 8.14. The van der Waals surface area contributed by atoms with Crippen LogP contribution in [0.5, 0.6) is 0 Å². The predicted molar refractivity (Wildman–Crippen MR) is 47.9 cm³/mol. The number of tetrazole rings is 1. The summed E-state index contributed by atoms with van der Waals surface area (Å²) < 4.78 is 1.70. The van der Waals surface area contributed by atoms with Gasteiger partial charge in [0.1, 0.15) is 6.33 Å². The lowest BCUT2D eigenvalue weighted by atomic mass is 9.89. The Bertz CT molecular complexity index is 232. The van der Waals surface area contributed by atoms with Crippen molar-refractivity contribution in [3.05, 3.63) is 6.33 Å². The summed E-state index contributed by atoms with van der Waals surface area (Å²) >= 11 is 0. The molecule has 0 saturated heterocycles. The molecule has 0 fully saturated rings. The van der Waals surface area contributed by atoms with E-state index < -0.39 is 0 Å². The number of aryl methyl sites for hydroxylation is 1. The molecule has 0 aliphatic carbocycles. The fourth-order valence-electron chi connectivity index (χ4n) is 1.08. The largest absolute Gasteiger partial charge is 0.396 e. The first-order valence-electron chi connectivity index (χ1n) is 4.46. The molecule has 74 valence electrons. The Hall–Kier alpha value is -0.970. The first-order valence-corrected chi connectivity index (χ1v) is 4.46. The van der Waals surface area contributed by atoms with Crippen LogP contribution in [0, 0.1) is 5.41 Å². The summed E-state index contributed by atoms with van der Waals surface area (Å²) in [6.07, 6.45) is 3.56. The lowest BCUT2D eigenvalue weighted by Gasteiger charge is -2.20. The molecule has 0 aliphatic rings. The molecule has 1 N–H and O–H groups in total. The summed E-state index contributed by atoms with van der Waals surface area (Å²) in [5.41, 5.74) is 0.00795. The van der Waals surface area contributed by atoms with Crippen molar-refractivity contribution >= 4 is 0 Å². The van der Waals surface area contributed by atoms with E-state index in [1.807, 2.05) is 13.8 Å². The highest BCUT2D eigenvalue weighted by molar-refractivity contribution is 4.66. The molecule has 0 unspecified atom stereocenters. The summed E-state index contributed by atoms with van der Waals surface area (Å²) in [5, 5.41) is 19.8. The molecule has 0 amide bonds. The minimum absolute atomic E-state index is 0.00795. The van der Waals surface area contributed by atoms with Crippen molar-refractivity contribution in [1.82, 2.24) is 20.2 Å². The van der Waals surface area contributed by atoms with Crippen LogP contribution in [0.2, 0.25) is 0 Å². The van der Waals surface area contributed by atoms with Gasteiger partial charge in [0.25, 0.3) is 0 Å². The molecule has 1 aromatic rings. The Morgan fingerprint density at radius 1 is 1.46 bits per heavy atom. The second-order valence-corrected chi connectivity index (χ2v) is 4.00. The highest BCUT2D eigenvalue weighted by Gasteiger charge is 2.15. The van der Waals surface area contributed by atoms with Crippen molar-refractivity contribution in [2.45, 2.75) is 33.2 Å². The van der Waals surface area contributed by atoms with Crippen LogP contribution in [-0.4, -0.2) is 31.9 Å². The monoisotopic (exact) mass is 184 g/mol. The summed E-state index contributed by atoms with van der Waals surface area (Å²) in [6.45, 7) is 5.14. The molecule has 5 nitrogen and oxygen atoms in total. The van der Waals surface area contributed by atoms with Gasteiger partial charge in [0.05, 0.1) is 0 Å². The average molecular weight is 184 g/mol. The Labute approximate surface area is 77.8 Å². The van der Waals surface area contributed by atoms with Crippen LogP contribution < -0.4 is 0 Å². The van der Waals surface area contributed by atoms with E-state index in [1.165, 1.54) is 0 Å². The van der Waals surface area contributed by atoms with Crippen molar-refractivity contribution in [1.29, 1.82) is 0 Å². The standard InChI is InChI=1S/C8H16N4O/c1-8(2,6-13)4-3-5-12-7-9-10-11-12/h7,13H,3-6H2,1-2H3. The second kappa shape index (κ2) is 4.32. The van der Waals surface area contributed by atoms with E-state index in [0.29, 0.717) is 0 Å². The summed E-state index contributed by atoms with van der Waals surface area (Å²) in [5.74, 6) is 0. The van der Waals surface area contributed by atoms with E-state index in [4.69, 9.17) is 5.11 Å². The normalized spacial score (nSPS) is 11.9. The molecule has 0 aromatic carbocycles. The molecule has 0 spiro atoms. The van der Waals surface area contributed by atoms with Crippen molar-refractivity contribution in [3.8, 4) is 0 Å². The van der Waals surface area contributed by atoms with Crippen LogP contribution in [0.25, 0.3) is 0 Å². The van der Waals surface area contributed by atoms with Gasteiger partial charge in [-0.15, -0.1) is 5.10 Å². The highest BCUT2D eigenvalue weighted by atomic mass is 16.3. The minimum atomic E-state index is 0.00795. The number of rotatable bonds is 5. The Morgan fingerprint density at radius 3 is 2.77 bits per heavy atom. The molecular formula is C8H16N4O. The van der Waals surface area contributed by atoms with E-state index in [0.717, 1.165) is 19.4 Å². The molecule has 0 aliphatic heterocycles. The van der Waals surface area contributed by atoms with Gasteiger partial charge in [-0.2, -0.15) is 0 Å². The third-order valence-electron chi connectivity index (χ3n) is 2.06. The predicted octanol–water partition coefficient (Wildman–Crippen LogP) is 0.472. The van der Waals surface area contributed by atoms with Crippen molar-refractivity contribution in [2.75, 3.05) is 6.61 Å². The van der Waals surface area contributed by atoms with E-state index in [1.54, 1.807) is 11.0 Å². The third-order valence-corrected chi connectivity index (χ3v) is 2.06. The fourth-order valence-corrected chi connectivity index (χ4v) is 1.08. The van der Waals surface area contributed by atoms with E-state index >= 15 is 0 Å². The van der Waals surface area contributed by atoms with Crippen LogP contribution in [0.4, 0.5) is 0 Å². The maximum Gasteiger partial charge on any atom is 0.138 e. The van der Waals surface area contributed by atoms with Gasteiger partial charge in [-0.05, 0) is 28.7 Å². The van der Waals surface area contributed by atoms with Gasteiger partial charge < -0.3 is 5.11 Å². The lowest BCUT2D eigenvalue weighted by molar-refractivity contribution is 0.146. The molecule has 1 rings (SSSR count). The molecule has 0 saturated carbocycles. The van der Waals surface area contributed by atoms with Gasteiger partial charge in [-0.3, -0.25) is 0 Å². The van der Waals surface area contributed by atoms with Crippen molar-refractivity contribution in [3.63, 3.8) is 0 Å². The Morgan fingerprint density at radius 2 is 2.23 bits per heavy atom. The molecule has 13 heavy (non-hydrogen) atoms. The SMILES string of the molecule is CC(C)(CO)CCCn1cnnn1. The number of nitrogens with zero attached hydrogens (tertiary/aromatic N) is 4. The molecular weight excluding hydrogens is 168 g/mol. The maximum absolute atomic E-state index is 9.00. The topological polar surface area (TPSA) is 63.8 Å². The van der Waals surface area contributed by atoms with Gasteiger partial charge in [-0.1, -0.05) is 13.8 Å². The molecule has 1 heterocycles.